The van der Waals surface area contributed by atoms with E-state index in [9.17, 15) is 4.79 Å². The third kappa shape index (κ3) is 4.51. The predicted molar refractivity (Wildman–Crippen MR) is 103 cm³/mol. The fourth-order valence-corrected chi connectivity index (χ4v) is 4.41. The summed E-state index contributed by atoms with van der Waals surface area (Å²) in [5.74, 6) is 1.77. The lowest BCUT2D eigenvalue weighted by molar-refractivity contribution is -0.123. The van der Waals surface area contributed by atoms with Gasteiger partial charge < -0.3 is 18.9 Å². The second-order valence-electron chi connectivity index (χ2n) is 8.01. The number of nitrogens with zero attached hydrogens (tertiary/aromatic N) is 5. The fourth-order valence-electron chi connectivity index (χ4n) is 4.41. The van der Waals surface area contributed by atoms with Gasteiger partial charge in [-0.2, -0.15) is 10.1 Å². The van der Waals surface area contributed by atoms with Gasteiger partial charge in [-0.05, 0) is 38.5 Å². The molecule has 29 heavy (non-hydrogen) atoms. The number of ether oxygens (including phenoxy) is 2. The number of aryl methyl sites for hydroxylation is 1. The normalized spacial score (nSPS) is 21.6. The number of likely N-dealkylation sites (tertiary alicyclic amines) is 1. The first kappa shape index (κ1) is 20.0. The number of hydrogen-bond donors (Lipinski definition) is 0. The topological polar surface area (TPSA) is 95.5 Å². The maximum atomic E-state index is 12.8. The molecular weight excluding hydrogens is 374 g/mol. The van der Waals surface area contributed by atoms with Gasteiger partial charge in [0.15, 0.2) is 5.82 Å². The molecule has 0 bridgehead atoms. The van der Waals surface area contributed by atoms with E-state index >= 15 is 0 Å². The van der Waals surface area contributed by atoms with Crippen LogP contribution >= 0.6 is 0 Å². The molecular formula is C20H29N5O4. The Hall–Kier alpha value is -2.26. The highest BCUT2D eigenvalue weighted by Gasteiger charge is 2.41. The van der Waals surface area contributed by atoms with Crippen molar-refractivity contribution in [1.29, 1.82) is 0 Å². The van der Waals surface area contributed by atoms with Crippen molar-refractivity contribution in [1.82, 2.24) is 24.8 Å². The summed E-state index contributed by atoms with van der Waals surface area (Å²) in [5, 5.41) is 8.29. The number of amides is 1. The molecule has 2 aromatic heterocycles. The Bertz CT molecular complexity index is 824. The predicted octanol–water partition coefficient (Wildman–Crippen LogP) is 2.08. The van der Waals surface area contributed by atoms with Crippen LogP contribution in [0.5, 0.6) is 0 Å². The highest BCUT2D eigenvalue weighted by atomic mass is 16.5. The molecule has 0 radical (unpaired) electrons. The lowest BCUT2D eigenvalue weighted by atomic mass is 9.78. The summed E-state index contributed by atoms with van der Waals surface area (Å²) in [6.45, 7) is 5.27. The van der Waals surface area contributed by atoms with E-state index in [0.29, 0.717) is 37.1 Å². The molecule has 2 aliphatic heterocycles. The quantitative estimate of drug-likeness (QED) is 0.728. The van der Waals surface area contributed by atoms with E-state index in [1.165, 1.54) is 0 Å². The van der Waals surface area contributed by atoms with Crippen molar-refractivity contribution in [2.24, 2.45) is 5.92 Å². The minimum Gasteiger partial charge on any atom is -0.375 e. The molecule has 1 spiro atoms. The first-order chi connectivity index (χ1) is 14.1. The summed E-state index contributed by atoms with van der Waals surface area (Å²) in [7, 11) is 1.61. The Kier molecular flexibility index (Phi) is 5.96. The Morgan fingerprint density at radius 1 is 1.38 bits per heavy atom. The standard InChI is InChI=1S/C20H29N5O4/c1-3-25-13-16(12-21-25)19(26)24-7-5-20(6-8-24)11-15(4-9-28-20)10-17-22-18(14-27-2)29-23-17/h12-13,15H,3-11,14H2,1-2H3. The largest absolute Gasteiger partial charge is 0.375 e. The van der Waals surface area contributed by atoms with Crippen molar-refractivity contribution >= 4 is 5.91 Å². The van der Waals surface area contributed by atoms with Crippen molar-refractivity contribution in [2.75, 3.05) is 26.8 Å². The minimum absolute atomic E-state index is 0.0596. The summed E-state index contributed by atoms with van der Waals surface area (Å²) < 4.78 is 18.3. The van der Waals surface area contributed by atoms with Crippen LogP contribution in [0.2, 0.25) is 0 Å². The van der Waals surface area contributed by atoms with Gasteiger partial charge in [-0.25, -0.2) is 0 Å². The number of rotatable bonds is 6. The van der Waals surface area contributed by atoms with Crippen molar-refractivity contribution in [3.8, 4) is 0 Å². The van der Waals surface area contributed by atoms with Crippen LogP contribution in [0, 0.1) is 5.92 Å². The lowest BCUT2D eigenvalue weighted by Crippen LogP contribution is -2.51. The maximum absolute atomic E-state index is 12.8. The van der Waals surface area contributed by atoms with Crippen LogP contribution in [0.15, 0.2) is 16.9 Å². The number of carbonyl (C=O) groups is 1. The van der Waals surface area contributed by atoms with Gasteiger partial charge in [0.25, 0.3) is 11.8 Å². The second kappa shape index (κ2) is 8.62. The Morgan fingerprint density at radius 3 is 2.93 bits per heavy atom. The molecule has 4 heterocycles. The average molecular weight is 403 g/mol. The lowest BCUT2D eigenvalue weighted by Gasteiger charge is -2.46. The van der Waals surface area contributed by atoms with Crippen LogP contribution in [-0.2, 0) is 29.0 Å². The highest BCUT2D eigenvalue weighted by Crippen LogP contribution is 2.38. The highest BCUT2D eigenvalue weighted by molar-refractivity contribution is 5.93. The molecule has 4 rings (SSSR count). The van der Waals surface area contributed by atoms with Gasteiger partial charge in [-0.1, -0.05) is 5.16 Å². The van der Waals surface area contributed by atoms with Crippen LogP contribution in [-0.4, -0.2) is 63.1 Å². The van der Waals surface area contributed by atoms with E-state index < -0.39 is 0 Å². The molecule has 1 atom stereocenters. The third-order valence-corrected chi connectivity index (χ3v) is 6.01. The third-order valence-electron chi connectivity index (χ3n) is 6.01. The van der Waals surface area contributed by atoms with Crippen LogP contribution < -0.4 is 0 Å². The molecule has 9 heteroatoms. The van der Waals surface area contributed by atoms with E-state index in [1.54, 1.807) is 18.0 Å². The summed E-state index contributed by atoms with van der Waals surface area (Å²) >= 11 is 0. The summed E-state index contributed by atoms with van der Waals surface area (Å²) in [5.41, 5.74) is 0.515. The monoisotopic (exact) mass is 403 g/mol. The number of methoxy groups -OCH3 is 1. The van der Waals surface area contributed by atoms with E-state index in [4.69, 9.17) is 14.0 Å². The summed E-state index contributed by atoms with van der Waals surface area (Å²) in [6, 6.07) is 0. The molecule has 0 saturated carbocycles. The summed E-state index contributed by atoms with van der Waals surface area (Å²) in [4.78, 5) is 19.1. The first-order valence-electron chi connectivity index (χ1n) is 10.4. The average Bonchev–Trinajstić information content (AvgIpc) is 3.38. The van der Waals surface area contributed by atoms with Crippen molar-refractivity contribution < 1.29 is 18.8 Å². The van der Waals surface area contributed by atoms with Crippen molar-refractivity contribution in [2.45, 2.75) is 57.8 Å². The van der Waals surface area contributed by atoms with Crippen LogP contribution in [0.4, 0.5) is 0 Å². The van der Waals surface area contributed by atoms with E-state index in [1.807, 2.05) is 18.0 Å². The molecule has 2 aliphatic rings. The molecule has 2 saturated heterocycles. The van der Waals surface area contributed by atoms with Gasteiger partial charge in [0.05, 0.1) is 17.4 Å². The summed E-state index contributed by atoms with van der Waals surface area (Å²) in [6.07, 6.45) is 7.95. The fraction of sp³-hybridized carbons (Fsp3) is 0.700. The van der Waals surface area contributed by atoms with Gasteiger partial charge in [-0.3, -0.25) is 9.48 Å². The van der Waals surface area contributed by atoms with Crippen LogP contribution in [0.1, 0.15) is 54.7 Å². The Morgan fingerprint density at radius 2 is 2.21 bits per heavy atom. The van der Waals surface area contributed by atoms with Gasteiger partial charge >= 0.3 is 0 Å². The molecule has 1 amide bonds. The molecule has 0 aliphatic carbocycles. The minimum atomic E-state index is -0.146. The first-order valence-corrected chi connectivity index (χ1v) is 10.4. The molecule has 158 valence electrons. The molecule has 0 N–H and O–H groups in total. The molecule has 2 fully saturated rings. The number of carbonyl (C=O) groups excluding carboxylic acids is 1. The van der Waals surface area contributed by atoms with Gasteiger partial charge in [0.2, 0.25) is 0 Å². The van der Waals surface area contributed by atoms with Crippen molar-refractivity contribution in [3.63, 3.8) is 0 Å². The molecule has 0 aromatic carbocycles. The zero-order valence-corrected chi connectivity index (χ0v) is 17.2. The van der Waals surface area contributed by atoms with Gasteiger partial charge in [-0.15, -0.1) is 0 Å². The zero-order valence-electron chi connectivity index (χ0n) is 17.2. The molecule has 2 aromatic rings. The number of aromatic nitrogens is 4. The molecule has 9 nitrogen and oxygen atoms in total. The smallest absolute Gasteiger partial charge is 0.257 e. The Labute approximate surface area is 170 Å². The second-order valence-corrected chi connectivity index (χ2v) is 8.01. The number of hydrogen-bond acceptors (Lipinski definition) is 7. The van der Waals surface area contributed by atoms with Gasteiger partial charge in [0, 0.05) is 46.0 Å². The maximum Gasteiger partial charge on any atom is 0.257 e. The van der Waals surface area contributed by atoms with Crippen molar-refractivity contribution in [3.05, 3.63) is 29.7 Å². The van der Waals surface area contributed by atoms with E-state index in [2.05, 4.69) is 15.2 Å². The Balaban J connectivity index is 1.32. The van der Waals surface area contributed by atoms with Gasteiger partial charge in [0.1, 0.15) is 6.61 Å². The van der Waals surface area contributed by atoms with Crippen LogP contribution in [0.3, 0.4) is 0 Å². The van der Waals surface area contributed by atoms with E-state index in [-0.39, 0.29) is 11.5 Å². The zero-order chi connectivity index (χ0) is 20.3. The van der Waals surface area contributed by atoms with Crippen LogP contribution in [0.25, 0.3) is 0 Å². The number of piperidine rings is 1. The SMILES string of the molecule is CCn1cc(C(=O)N2CCC3(CC2)CC(Cc2noc(COC)n2)CCO3)cn1. The molecule has 1 unspecified atom stereocenters. The van der Waals surface area contributed by atoms with E-state index in [0.717, 1.165) is 51.1 Å².